The molecule has 1 saturated heterocycles. The van der Waals surface area contributed by atoms with E-state index < -0.39 is 59.0 Å². The van der Waals surface area contributed by atoms with Crippen molar-refractivity contribution < 1.29 is 26.5 Å². The fraction of sp³-hybridized carbons (Fsp3) is 0.385. The zero-order valence-corrected chi connectivity index (χ0v) is 11.3. The molecule has 1 unspecified atom stereocenters. The number of aromatic amines is 1. The van der Waals surface area contributed by atoms with Crippen LogP contribution in [0.4, 0.5) is 14.7 Å². The number of terminal acetylenes is 1. The molecule has 0 amide bonds. The van der Waals surface area contributed by atoms with Crippen molar-refractivity contribution in [1.29, 1.82) is 0 Å². The summed E-state index contributed by atoms with van der Waals surface area (Å²) < 4.78 is 49.4. The third-order valence-corrected chi connectivity index (χ3v) is 3.61. The highest BCUT2D eigenvalue weighted by atomic mass is 19.1. The molecule has 2 aromatic rings. The van der Waals surface area contributed by atoms with Crippen molar-refractivity contribution in [3.8, 4) is 12.3 Å². The molecular weight excluding hydrogens is 314 g/mol. The van der Waals surface area contributed by atoms with Crippen molar-refractivity contribution in [1.82, 2.24) is 14.5 Å². The van der Waals surface area contributed by atoms with E-state index in [9.17, 15) is 19.4 Å². The molecule has 1 fully saturated rings. The van der Waals surface area contributed by atoms with Gasteiger partial charge < -0.3 is 20.7 Å². The topological polar surface area (TPSA) is 126 Å². The van der Waals surface area contributed by atoms with Crippen molar-refractivity contribution >= 4 is 17.0 Å². The van der Waals surface area contributed by atoms with E-state index in [0.717, 1.165) is 0 Å². The molecule has 4 atom stereocenters. The lowest BCUT2D eigenvalue weighted by Gasteiger charge is -2.23. The molecule has 0 radical (unpaired) electrons. The molecule has 0 bridgehead atoms. The fourth-order valence-corrected chi connectivity index (χ4v) is 2.51. The minimum Gasteiger partial charge on any atom is -0.394 e. The first-order chi connectivity index (χ1) is 11.5. The Bertz CT molecular complexity index is 950. The molecule has 3 rings (SSSR count). The van der Waals surface area contributed by atoms with Crippen LogP contribution in [0.25, 0.3) is 11.0 Å². The molecule has 0 saturated carbocycles. The summed E-state index contributed by atoms with van der Waals surface area (Å²) in [6, 6.07) is 0. The summed E-state index contributed by atoms with van der Waals surface area (Å²) in [5, 5.41) is 18.9. The monoisotopic (exact) mass is 328 g/mol. The highest BCUT2D eigenvalue weighted by Gasteiger charge is 2.57. The standard InChI is InChI=1S/C13H12F2N4O4/c1-2-13(15)8(21)6(4-20)23-11(13)19-3-5(14)7-9(19)17-12(16)18-10(7)22/h1,3,6,8,11,20-21H,4H2,(H3,16,17,18,22)/t6-,8+,11-,13?/m1/s1/i4D2. The van der Waals surface area contributed by atoms with Gasteiger partial charge in [0, 0.05) is 6.20 Å². The maximum atomic E-state index is 15.1. The van der Waals surface area contributed by atoms with Crippen LogP contribution in [0, 0.1) is 18.2 Å². The first-order valence-electron chi connectivity index (χ1n) is 7.29. The zero-order valence-electron chi connectivity index (χ0n) is 13.3. The largest absolute Gasteiger partial charge is 0.394 e. The highest BCUT2D eigenvalue weighted by Crippen LogP contribution is 2.42. The summed E-state index contributed by atoms with van der Waals surface area (Å²) >= 11 is 0. The van der Waals surface area contributed by atoms with Crippen LogP contribution in [-0.4, -0.2) is 49.2 Å². The SMILES string of the molecule is [2H]C([2H])(O)[C@H]1O[C@@H](n2cc(F)c3c(=O)[nH]c(N)nc32)C(F)(C#C)[C@H]1O. The fourth-order valence-electron chi connectivity index (χ4n) is 2.51. The summed E-state index contributed by atoms with van der Waals surface area (Å²) in [6.45, 7) is -3.15. The number of aromatic nitrogens is 3. The van der Waals surface area contributed by atoms with Gasteiger partial charge in [-0.3, -0.25) is 14.3 Å². The van der Waals surface area contributed by atoms with E-state index in [1.165, 1.54) is 0 Å². The lowest BCUT2D eigenvalue weighted by atomic mass is 9.97. The molecule has 8 nitrogen and oxygen atoms in total. The Hall–Kier alpha value is -2.48. The summed E-state index contributed by atoms with van der Waals surface area (Å²) in [6.07, 6.45) is -0.548. The maximum Gasteiger partial charge on any atom is 0.264 e. The van der Waals surface area contributed by atoms with Crippen LogP contribution in [0.15, 0.2) is 11.0 Å². The van der Waals surface area contributed by atoms with E-state index in [1.807, 2.05) is 0 Å². The van der Waals surface area contributed by atoms with Gasteiger partial charge in [0.05, 0.1) is 9.30 Å². The van der Waals surface area contributed by atoms with Crippen molar-refractivity contribution in [2.75, 3.05) is 12.3 Å². The van der Waals surface area contributed by atoms with Gasteiger partial charge in [-0.15, -0.1) is 6.42 Å². The molecule has 3 heterocycles. The summed E-state index contributed by atoms with van der Waals surface area (Å²) in [7, 11) is 0. The van der Waals surface area contributed by atoms with Gasteiger partial charge in [0.2, 0.25) is 11.6 Å². The quantitative estimate of drug-likeness (QED) is 0.526. The number of halogens is 2. The Kier molecular flexibility index (Phi) is 2.84. The number of fused-ring (bicyclic) bond motifs is 1. The number of aliphatic hydroxyl groups is 2. The number of rotatable bonds is 2. The Labute approximate surface area is 130 Å². The summed E-state index contributed by atoms with van der Waals surface area (Å²) in [5.41, 5.74) is 0.998. The van der Waals surface area contributed by atoms with Gasteiger partial charge in [-0.05, 0) is 0 Å². The van der Waals surface area contributed by atoms with Crippen LogP contribution in [0.2, 0.25) is 0 Å². The molecule has 1 aliphatic heterocycles. The van der Waals surface area contributed by atoms with Crippen LogP contribution < -0.4 is 11.3 Å². The van der Waals surface area contributed by atoms with E-state index in [1.54, 1.807) is 5.92 Å². The predicted octanol–water partition coefficient (Wildman–Crippen LogP) is -0.962. The van der Waals surface area contributed by atoms with E-state index in [4.69, 9.17) is 19.6 Å². The summed E-state index contributed by atoms with van der Waals surface area (Å²) in [4.78, 5) is 17.6. The second kappa shape index (κ2) is 5.02. The molecule has 122 valence electrons. The molecule has 2 aromatic heterocycles. The molecule has 23 heavy (non-hydrogen) atoms. The van der Waals surface area contributed by atoms with Crippen LogP contribution in [0.5, 0.6) is 0 Å². The van der Waals surface area contributed by atoms with Crippen molar-refractivity contribution in [2.45, 2.75) is 24.1 Å². The number of anilines is 1. The Morgan fingerprint density at radius 2 is 2.43 bits per heavy atom. The van der Waals surface area contributed by atoms with E-state index in [0.29, 0.717) is 10.8 Å². The molecular formula is C13H12F2N4O4. The van der Waals surface area contributed by atoms with Crippen LogP contribution >= 0.6 is 0 Å². The van der Waals surface area contributed by atoms with Gasteiger partial charge in [-0.1, -0.05) is 5.92 Å². The smallest absolute Gasteiger partial charge is 0.264 e. The van der Waals surface area contributed by atoms with Crippen LogP contribution in [0.3, 0.4) is 0 Å². The number of alkyl halides is 1. The number of hydrogen-bond donors (Lipinski definition) is 4. The van der Waals surface area contributed by atoms with Gasteiger partial charge in [0.15, 0.2) is 17.7 Å². The molecule has 0 aromatic carbocycles. The van der Waals surface area contributed by atoms with E-state index in [-0.39, 0.29) is 0 Å². The van der Waals surface area contributed by atoms with Gasteiger partial charge in [0.1, 0.15) is 17.6 Å². The van der Waals surface area contributed by atoms with Crippen molar-refractivity contribution in [3.63, 3.8) is 0 Å². The number of ether oxygens (including phenoxy) is 1. The lowest BCUT2D eigenvalue weighted by Crippen LogP contribution is -2.42. The zero-order chi connectivity index (χ0) is 18.7. The minimum atomic E-state index is -3.15. The van der Waals surface area contributed by atoms with Gasteiger partial charge in [-0.25, -0.2) is 8.78 Å². The molecule has 0 spiro atoms. The maximum absolute atomic E-state index is 15.1. The number of nitrogens with zero attached hydrogens (tertiary/aromatic N) is 2. The first kappa shape index (κ1) is 13.0. The normalized spacial score (nSPS) is 32.6. The third-order valence-electron chi connectivity index (χ3n) is 3.61. The lowest BCUT2D eigenvalue weighted by molar-refractivity contribution is -0.0503. The molecule has 1 aliphatic rings. The van der Waals surface area contributed by atoms with Gasteiger partial charge in [0.25, 0.3) is 5.56 Å². The van der Waals surface area contributed by atoms with Crippen LogP contribution in [-0.2, 0) is 4.74 Å². The van der Waals surface area contributed by atoms with Gasteiger partial charge in [-0.2, -0.15) is 4.98 Å². The number of nitrogen functional groups attached to an aromatic ring is 1. The van der Waals surface area contributed by atoms with Gasteiger partial charge >= 0.3 is 0 Å². The van der Waals surface area contributed by atoms with Crippen molar-refractivity contribution in [3.05, 3.63) is 22.4 Å². The number of H-pyrrole nitrogens is 1. The molecule has 10 heteroatoms. The Morgan fingerprint density at radius 3 is 3.04 bits per heavy atom. The third kappa shape index (κ3) is 2.02. The number of nitrogens with two attached hydrogens (primary N) is 1. The number of aliphatic hydroxyl groups excluding tert-OH is 1. The van der Waals surface area contributed by atoms with Crippen molar-refractivity contribution in [2.24, 2.45) is 0 Å². The average molecular weight is 328 g/mol. The van der Waals surface area contributed by atoms with Crippen LogP contribution in [0.1, 0.15) is 8.97 Å². The van der Waals surface area contributed by atoms with E-state index >= 15 is 4.39 Å². The minimum absolute atomic E-state index is 0.394. The Morgan fingerprint density at radius 1 is 1.74 bits per heavy atom. The average Bonchev–Trinajstić information content (AvgIpc) is 2.95. The number of hydrogen-bond acceptors (Lipinski definition) is 6. The summed E-state index contributed by atoms with van der Waals surface area (Å²) in [5.74, 6) is 0.156. The Balaban J connectivity index is 2.24. The second-order valence-electron chi connectivity index (χ2n) is 4.93. The number of nitrogens with one attached hydrogen (secondary N) is 1. The molecule has 5 N–H and O–H groups in total. The predicted molar refractivity (Wildman–Crippen MR) is 74.4 cm³/mol. The molecule has 0 aliphatic carbocycles. The first-order valence-corrected chi connectivity index (χ1v) is 6.29. The second-order valence-corrected chi connectivity index (χ2v) is 4.93. The highest BCUT2D eigenvalue weighted by molar-refractivity contribution is 5.77. The van der Waals surface area contributed by atoms with E-state index in [2.05, 4.69) is 9.97 Å².